The lowest BCUT2D eigenvalue weighted by molar-refractivity contribution is 0.0601. The molecule has 19 heavy (non-hydrogen) atoms. The van der Waals surface area contributed by atoms with Crippen LogP contribution in [-0.2, 0) is 11.3 Å². The third kappa shape index (κ3) is 3.29. The third-order valence-corrected chi connectivity index (χ3v) is 2.94. The molecule has 0 spiro atoms. The summed E-state index contributed by atoms with van der Waals surface area (Å²) in [4.78, 5) is 11.5. The van der Waals surface area contributed by atoms with Gasteiger partial charge in [-0.3, -0.25) is 0 Å². The quantitative estimate of drug-likeness (QED) is 0.868. The largest absolute Gasteiger partial charge is 0.465 e. The predicted octanol–water partition coefficient (Wildman–Crippen LogP) is 3.64. The molecule has 0 saturated carbocycles. The van der Waals surface area contributed by atoms with Crippen LogP contribution in [0.2, 0.25) is 5.22 Å². The summed E-state index contributed by atoms with van der Waals surface area (Å²) in [5.74, 6) is 0.372. The lowest BCUT2D eigenvalue weighted by atomic mass is 10.1. The molecule has 0 amide bonds. The van der Waals surface area contributed by atoms with Crippen molar-refractivity contribution in [2.45, 2.75) is 13.5 Å². The van der Waals surface area contributed by atoms with E-state index >= 15 is 0 Å². The standard InChI is InChI=1S/C14H14ClNO3/c1-9-3-4-10(14(17)18-2)7-12(9)16-8-11-5-6-13(15)19-11/h3-7,16H,8H2,1-2H3. The molecule has 0 atom stereocenters. The van der Waals surface area contributed by atoms with E-state index < -0.39 is 0 Å². The number of ether oxygens (including phenoxy) is 1. The molecule has 4 nitrogen and oxygen atoms in total. The summed E-state index contributed by atoms with van der Waals surface area (Å²) < 4.78 is 9.95. The molecule has 0 radical (unpaired) electrons. The van der Waals surface area contributed by atoms with E-state index in [1.807, 2.05) is 13.0 Å². The number of halogens is 1. The van der Waals surface area contributed by atoms with Gasteiger partial charge in [0.15, 0.2) is 5.22 Å². The van der Waals surface area contributed by atoms with Gasteiger partial charge in [0.25, 0.3) is 0 Å². The van der Waals surface area contributed by atoms with Crippen molar-refractivity contribution >= 4 is 23.3 Å². The van der Waals surface area contributed by atoms with Crippen LogP contribution in [0.1, 0.15) is 21.7 Å². The Hall–Kier alpha value is -1.94. The lowest BCUT2D eigenvalue weighted by Crippen LogP contribution is -2.05. The van der Waals surface area contributed by atoms with Crippen LogP contribution in [0.3, 0.4) is 0 Å². The van der Waals surface area contributed by atoms with Gasteiger partial charge < -0.3 is 14.5 Å². The van der Waals surface area contributed by atoms with Gasteiger partial charge >= 0.3 is 5.97 Å². The number of hydrogen-bond acceptors (Lipinski definition) is 4. The van der Waals surface area contributed by atoms with Gasteiger partial charge in [-0.15, -0.1) is 0 Å². The number of carbonyl (C=O) groups is 1. The maximum Gasteiger partial charge on any atom is 0.337 e. The van der Waals surface area contributed by atoms with Gasteiger partial charge in [0.05, 0.1) is 19.2 Å². The maximum absolute atomic E-state index is 11.5. The van der Waals surface area contributed by atoms with Gasteiger partial charge in [0.2, 0.25) is 0 Å². The number of nitrogens with one attached hydrogen (secondary N) is 1. The highest BCUT2D eigenvalue weighted by molar-refractivity contribution is 6.28. The molecule has 100 valence electrons. The average molecular weight is 280 g/mol. The highest BCUT2D eigenvalue weighted by atomic mass is 35.5. The van der Waals surface area contributed by atoms with Crippen LogP contribution in [0.15, 0.2) is 34.7 Å². The monoisotopic (exact) mass is 279 g/mol. The molecule has 0 aliphatic carbocycles. The summed E-state index contributed by atoms with van der Waals surface area (Å²) in [6.45, 7) is 2.46. The first kappa shape index (κ1) is 13.5. The van der Waals surface area contributed by atoms with Crippen molar-refractivity contribution in [1.29, 1.82) is 0 Å². The molecular formula is C14H14ClNO3. The summed E-state index contributed by atoms with van der Waals surface area (Å²) >= 11 is 5.70. The predicted molar refractivity (Wildman–Crippen MR) is 73.6 cm³/mol. The van der Waals surface area contributed by atoms with Crippen LogP contribution >= 0.6 is 11.6 Å². The van der Waals surface area contributed by atoms with Crippen LogP contribution < -0.4 is 5.32 Å². The Morgan fingerprint density at radius 3 is 2.79 bits per heavy atom. The van der Waals surface area contributed by atoms with Crippen LogP contribution in [0, 0.1) is 6.92 Å². The highest BCUT2D eigenvalue weighted by Gasteiger charge is 2.08. The zero-order chi connectivity index (χ0) is 13.8. The summed E-state index contributed by atoms with van der Waals surface area (Å²) in [6, 6.07) is 8.84. The SMILES string of the molecule is COC(=O)c1ccc(C)c(NCc2ccc(Cl)o2)c1. The summed E-state index contributed by atoms with van der Waals surface area (Å²) in [5.41, 5.74) is 2.40. The molecular weight excluding hydrogens is 266 g/mol. The Bertz CT molecular complexity index is 592. The Kier molecular flexibility index (Phi) is 4.12. The fraction of sp³-hybridized carbons (Fsp3) is 0.214. The number of rotatable bonds is 4. The van der Waals surface area contributed by atoms with E-state index in [1.165, 1.54) is 7.11 Å². The molecule has 1 aromatic carbocycles. The number of anilines is 1. The third-order valence-electron chi connectivity index (χ3n) is 2.74. The Labute approximate surface area is 116 Å². The van der Waals surface area contributed by atoms with Crippen molar-refractivity contribution < 1.29 is 13.9 Å². The maximum atomic E-state index is 11.5. The van der Waals surface area contributed by atoms with Gasteiger partial charge in [0, 0.05) is 5.69 Å². The molecule has 0 aliphatic heterocycles. The molecule has 2 aromatic rings. The van der Waals surface area contributed by atoms with E-state index in [1.54, 1.807) is 24.3 Å². The fourth-order valence-electron chi connectivity index (χ4n) is 1.69. The second-order valence-corrected chi connectivity index (χ2v) is 4.45. The smallest absolute Gasteiger partial charge is 0.337 e. The first-order valence-corrected chi connectivity index (χ1v) is 6.15. The Morgan fingerprint density at radius 1 is 1.37 bits per heavy atom. The van der Waals surface area contributed by atoms with E-state index in [0.29, 0.717) is 17.3 Å². The number of benzene rings is 1. The Morgan fingerprint density at radius 2 is 2.16 bits per heavy atom. The normalized spacial score (nSPS) is 10.3. The molecule has 1 aromatic heterocycles. The van der Waals surface area contributed by atoms with Crippen LogP contribution in [0.4, 0.5) is 5.69 Å². The van der Waals surface area contributed by atoms with E-state index in [2.05, 4.69) is 5.32 Å². The van der Waals surface area contributed by atoms with Crippen molar-refractivity contribution in [3.8, 4) is 0 Å². The number of hydrogen-bond donors (Lipinski definition) is 1. The molecule has 0 unspecified atom stereocenters. The first-order valence-electron chi connectivity index (χ1n) is 5.77. The number of carbonyl (C=O) groups excluding carboxylic acids is 1. The van der Waals surface area contributed by atoms with Crippen molar-refractivity contribution in [2.75, 3.05) is 12.4 Å². The molecule has 0 bridgehead atoms. The fourth-order valence-corrected chi connectivity index (χ4v) is 1.85. The van der Waals surface area contributed by atoms with Crippen molar-refractivity contribution in [3.63, 3.8) is 0 Å². The zero-order valence-corrected chi connectivity index (χ0v) is 11.5. The number of methoxy groups -OCH3 is 1. The van der Waals surface area contributed by atoms with Gasteiger partial charge in [-0.1, -0.05) is 6.07 Å². The van der Waals surface area contributed by atoms with E-state index in [-0.39, 0.29) is 5.97 Å². The number of furan rings is 1. The highest BCUT2D eigenvalue weighted by Crippen LogP contribution is 2.20. The molecule has 5 heteroatoms. The molecule has 0 fully saturated rings. The van der Waals surface area contributed by atoms with Crippen LogP contribution in [-0.4, -0.2) is 13.1 Å². The molecule has 0 saturated heterocycles. The van der Waals surface area contributed by atoms with Crippen molar-refractivity contribution in [2.24, 2.45) is 0 Å². The summed E-state index contributed by atoms with van der Waals surface area (Å²) in [5, 5.41) is 3.56. The lowest BCUT2D eigenvalue weighted by Gasteiger charge is -2.09. The average Bonchev–Trinajstić information content (AvgIpc) is 2.82. The minimum absolute atomic E-state index is 0.357. The van der Waals surface area contributed by atoms with E-state index in [0.717, 1.165) is 17.0 Å². The first-order chi connectivity index (χ1) is 9.10. The van der Waals surface area contributed by atoms with Gasteiger partial charge in [-0.05, 0) is 48.4 Å². The summed E-state index contributed by atoms with van der Waals surface area (Å²) in [7, 11) is 1.36. The minimum atomic E-state index is -0.357. The zero-order valence-electron chi connectivity index (χ0n) is 10.7. The number of aryl methyl sites for hydroxylation is 1. The second-order valence-electron chi connectivity index (χ2n) is 4.08. The van der Waals surface area contributed by atoms with Crippen LogP contribution in [0.25, 0.3) is 0 Å². The van der Waals surface area contributed by atoms with Gasteiger partial charge in [0.1, 0.15) is 5.76 Å². The van der Waals surface area contributed by atoms with Crippen molar-refractivity contribution in [3.05, 3.63) is 52.4 Å². The molecule has 1 N–H and O–H groups in total. The van der Waals surface area contributed by atoms with Gasteiger partial charge in [-0.2, -0.15) is 0 Å². The Balaban J connectivity index is 2.12. The van der Waals surface area contributed by atoms with E-state index in [9.17, 15) is 4.79 Å². The van der Waals surface area contributed by atoms with Crippen molar-refractivity contribution in [1.82, 2.24) is 0 Å². The number of esters is 1. The second kappa shape index (κ2) is 5.80. The molecule has 2 rings (SSSR count). The summed E-state index contributed by atoms with van der Waals surface area (Å²) in [6.07, 6.45) is 0. The van der Waals surface area contributed by atoms with E-state index in [4.69, 9.17) is 20.8 Å². The minimum Gasteiger partial charge on any atom is -0.465 e. The molecule has 1 heterocycles. The topological polar surface area (TPSA) is 51.5 Å². The van der Waals surface area contributed by atoms with Gasteiger partial charge in [-0.25, -0.2) is 4.79 Å². The molecule has 0 aliphatic rings. The van der Waals surface area contributed by atoms with Crippen LogP contribution in [0.5, 0.6) is 0 Å².